The molecule has 0 fully saturated rings. The van der Waals surface area contributed by atoms with Crippen molar-refractivity contribution in [1.82, 2.24) is 4.98 Å². The van der Waals surface area contributed by atoms with Gasteiger partial charge in [-0.15, -0.1) is 0 Å². The van der Waals surface area contributed by atoms with Crippen LogP contribution in [0.5, 0.6) is 0 Å². The van der Waals surface area contributed by atoms with Crippen LogP contribution in [0.4, 0.5) is 0 Å². The maximum atomic E-state index is 12.0. The van der Waals surface area contributed by atoms with Crippen LogP contribution in [0.1, 0.15) is 31.9 Å². The molecule has 0 bridgehead atoms. The Morgan fingerprint density at radius 1 is 1.28 bits per heavy atom. The van der Waals surface area contributed by atoms with Crippen LogP contribution in [0.25, 0.3) is 10.9 Å². The van der Waals surface area contributed by atoms with E-state index in [0.29, 0.717) is 5.56 Å². The second kappa shape index (κ2) is 4.41. The summed E-state index contributed by atoms with van der Waals surface area (Å²) in [6.07, 6.45) is 1.65. The molecule has 0 unspecified atom stereocenters. The highest BCUT2D eigenvalue weighted by Gasteiger charge is 2.07. The van der Waals surface area contributed by atoms with Gasteiger partial charge in [0.05, 0.1) is 16.6 Å². The molecule has 0 saturated carbocycles. The number of H-pyrrole nitrogens is 1. The molecule has 0 aliphatic rings. The van der Waals surface area contributed by atoms with Crippen molar-refractivity contribution in [3.8, 4) is 0 Å². The Morgan fingerprint density at radius 2 is 2.00 bits per heavy atom. The van der Waals surface area contributed by atoms with Crippen molar-refractivity contribution >= 4 is 17.1 Å². The zero-order chi connectivity index (χ0) is 13.3. The maximum Gasteiger partial charge on any atom is 0.257 e. The van der Waals surface area contributed by atoms with E-state index in [2.05, 4.69) is 9.98 Å². The van der Waals surface area contributed by atoms with Gasteiger partial charge in [-0.25, -0.2) is 0 Å². The molecule has 1 N–H and O–H groups in total. The monoisotopic (exact) mass is 242 g/mol. The molecule has 0 radical (unpaired) electrons. The third-order valence-corrected chi connectivity index (χ3v) is 2.71. The van der Waals surface area contributed by atoms with Crippen molar-refractivity contribution in [1.29, 1.82) is 0 Å². The van der Waals surface area contributed by atoms with Crippen molar-refractivity contribution in [2.24, 2.45) is 4.99 Å². The third kappa shape index (κ3) is 2.67. The Morgan fingerprint density at radius 3 is 2.67 bits per heavy atom. The van der Waals surface area contributed by atoms with Gasteiger partial charge in [-0.2, -0.15) is 0 Å². The molecule has 3 nitrogen and oxygen atoms in total. The summed E-state index contributed by atoms with van der Waals surface area (Å²) >= 11 is 0. The van der Waals surface area contributed by atoms with Gasteiger partial charge in [-0.05, 0) is 44.7 Å². The Balaban J connectivity index is 2.58. The van der Waals surface area contributed by atoms with Crippen LogP contribution in [0.15, 0.2) is 34.1 Å². The van der Waals surface area contributed by atoms with Crippen molar-refractivity contribution < 1.29 is 0 Å². The van der Waals surface area contributed by atoms with Crippen LogP contribution in [-0.4, -0.2) is 16.7 Å². The Hall–Kier alpha value is -1.90. The molecule has 1 aromatic carbocycles. The molecule has 0 saturated heterocycles. The number of hydrogen-bond acceptors (Lipinski definition) is 2. The quantitative estimate of drug-likeness (QED) is 0.767. The van der Waals surface area contributed by atoms with Crippen LogP contribution in [0.2, 0.25) is 0 Å². The van der Waals surface area contributed by atoms with Crippen molar-refractivity contribution in [3.05, 3.63) is 45.7 Å². The summed E-state index contributed by atoms with van der Waals surface area (Å²) in [4.78, 5) is 19.2. The van der Waals surface area contributed by atoms with Gasteiger partial charge in [0.15, 0.2) is 0 Å². The molecule has 0 aliphatic carbocycles. The van der Waals surface area contributed by atoms with Gasteiger partial charge in [0.2, 0.25) is 0 Å². The average molecular weight is 242 g/mol. The molecule has 1 heterocycles. The first-order valence-electron chi connectivity index (χ1n) is 6.05. The number of aromatic nitrogens is 1. The Kier molecular flexibility index (Phi) is 3.07. The number of nitrogens with one attached hydrogen (secondary N) is 1. The first-order chi connectivity index (χ1) is 8.37. The van der Waals surface area contributed by atoms with Crippen molar-refractivity contribution in [2.45, 2.75) is 33.2 Å². The molecule has 94 valence electrons. The fraction of sp³-hybridized carbons (Fsp3) is 0.333. The maximum absolute atomic E-state index is 12.0. The van der Waals surface area contributed by atoms with E-state index >= 15 is 0 Å². The number of pyridine rings is 1. The van der Waals surface area contributed by atoms with Crippen molar-refractivity contribution in [3.63, 3.8) is 0 Å². The minimum absolute atomic E-state index is 0.0928. The molecule has 18 heavy (non-hydrogen) atoms. The zero-order valence-corrected chi connectivity index (χ0v) is 11.2. The molecule has 0 atom stereocenters. The molecule has 0 spiro atoms. The Bertz CT molecular complexity index is 660. The van der Waals surface area contributed by atoms with Gasteiger partial charge >= 0.3 is 0 Å². The number of rotatable bonds is 1. The SMILES string of the molecule is Cc1cccc2cc(C=NC(C)(C)C)c(=O)[nH]c12. The summed E-state index contributed by atoms with van der Waals surface area (Å²) < 4.78 is 0. The highest BCUT2D eigenvalue weighted by molar-refractivity contribution is 5.89. The summed E-state index contributed by atoms with van der Waals surface area (Å²) in [5, 5.41) is 1.03. The zero-order valence-electron chi connectivity index (χ0n) is 11.2. The number of fused-ring (bicyclic) bond motifs is 1. The predicted molar refractivity (Wildman–Crippen MR) is 76.7 cm³/mol. The van der Waals surface area contributed by atoms with Crippen LogP contribution < -0.4 is 5.56 Å². The first kappa shape index (κ1) is 12.6. The van der Waals surface area contributed by atoms with E-state index in [9.17, 15) is 4.79 Å². The van der Waals surface area contributed by atoms with Crippen LogP contribution >= 0.6 is 0 Å². The molecule has 2 aromatic rings. The smallest absolute Gasteiger partial charge is 0.257 e. The van der Waals surface area contributed by atoms with Gasteiger partial charge in [-0.3, -0.25) is 9.79 Å². The van der Waals surface area contributed by atoms with E-state index in [1.165, 1.54) is 0 Å². The number of aliphatic imine (C=N–C) groups is 1. The summed E-state index contributed by atoms with van der Waals surface area (Å²) in [6, 6.07) is 7.85. The lowest BCUT2D eigenvalue weighted by Gasteiger charge is -2.10. The summed E-state index contributed by atoms with van der Waals surface area (Å²) in [5.41, 5.74) is 2.31. The lowest BCUT2D eigenvalue weighted by Crippen LogP contribution is -2.15. The summed E-state index contributed by atoms with van der Waals surface area (Å²) in [5.74, 6) is 0. The number of hydrogen-bond donors (Lipinski definition) is 1. The van der Waals surface area contributed by atoms with E-state index in [1.807, 2.05) is 52.0 Å². The topological polar surface area (TPSA) is 45.2 Å². The van der Waals surface area contributed by atoms with Gasteiger partial charge in [0.1, 0.15) is 0 Å². The van der Waals surface area contributed by atoms with Crippen LogP contribution in [0.3, 0.4) is 0 Å². The molecule has 1 aromatic heterocycles. The number of aromatic amines is 1. The Labute approximate surface area is 107 Å². The lowest BCUT2D eigenvalue weighted by molar-refractivity contribution is 0.586. The molecule has 3 heteroatoms. The first-order valence-corrected chi connectivity index (χ1v) is 6.05. The number of nitrogens with zero attached hydrogens (tertiary/aromatic N) is 1. The standard InChI is InChI=1S/C15H18N2O/c1-10-6-5-7-11-8-12(9-16-15(2,3)4)14(18)17-13(10)11/h5-9H,1-4H3,(H,17,18). The minimum Gasteiger partial charge on any atom is -0.321 e. The van der Waals surface area contributed by atoms with Crippen LogP contribution in [0, 0.1) is 6.92 Å². The fourth-order valence-electron chi connectivity index (χ4n) is 1.76. The molecule has 2 rings (SSSR count). The second-order valence-corrected chi connectivity index (χ2v) is 5.52. The minimum atomic E-state index is -0.173. The van der Waals surface area contributed by atoms with E-state index in [1.54, 1.807) is 6.21 Å². The molecule has 0 aliphatic heterocycles. The predicted octanol–water partition coefficient (Wildman–Crippen LogP) is 3.05. The van der Waals surface area contributed by atoms with E-state index in [4.69, 9.17) is 0 Å². The van der Waals surface area contributed by atoms with E-state index in [0.717, 1.165) is 16.5 Å². The highest BCUT2D eigenvalue weighted by atomic mass is 16.1. The van der Waals surface area contributed by atoms with Gasteiger partial charge in [-0.1, -0.05) is 18.2 Å². The molecular weight excluding hydrogens is 224 g/mol. The number of aryl methyl sites for hydroxylation is 1. The highest BCUT2D eigenvalue weighted by Crippen LogP contribution is 2.14. The molecular formula is C15H18N2O. The summed E-state index contributed by atoms with van der Waals surface area (Å²) in [7, 11) is 0. The number of benzene rings is 1. The third-order valence-electron chi connectivity index (χ3n) is 2.71. The second-order valence-electron chi connectivity index (χ2n) is 5.52. The van der Waals surface area contributed by atoms with Gasteiger partial charge < -0.3 is 4.98 Å². The largest absolute Gasteiger partial charge is 0.321 e. The molecule has 0 amide bonds. The van der Waals surface area contributed by atoms with Gasteiger partial charge in [0.25, 0.3) is 5.56 Å². The lowest BCUT2D eigenvalue weighted by atomic mass is 10.1. The normalized spacial score (nSPS) is 12.4. The van der Waals surface area contributed by atoms with Gasteiger partial charge in [0, 0.05) is 6.21 Å². The average Bonchev–Trinajstić information content (AvgIpc) is 2.27. The van der Waals surface area contributed by atoms with E-state index in [-0.39, 0.29) is 11.1 Å². The number of para-hydroxylation sites is 1. The van der Waals surface area contributed by atoms with E-state index < -0.39 is 0 Å². The van der Waals surface area contributed by atoms with Crippen LogP contribution in [-0.2, 0) is 0 Å². The van der Waals surface area contributed by atoms with Crippen molar-refractivity contribution in [2.75, 3.05) is 0 Å². The summed E-state index contributed by atoms with van der Waals surface area (Å²) in [6.45, 7) is 8.00. The fourth-order valence-corrected chi connectivity index (χ4v) is 1.76.